The van der Waals surface area contributed by atoms with Gasteiger partial charge in [0.25, 0.3) is 0 Å². The van der Waals surface area contributed by atoms with E-state index in [9.17, 15) is 9.50 Å². The minimum absolute atomic E-state index is 0.365. The third-order valence-electron chi connectivity index (χ3n) is 3.25. The van der Waals surface area contributed by atoms with Gasteiger partial charge < -0.3 is 14.6 Å². The Morgan fingerprint density at radius 2 is 1.70 bits per heavy atom. The Labute approximate surface area is 116 Å². The topological polar surface area (TPSA) is 38.7 Å². The fourth-order valence-electron chi connectivity index (χ4n) is 2.22. The van der Waals surface area contributed by atoms with E-state index < -0.39 is 6.10 Å². The average Bonchev–Trinajstić information content (AvgIpc) is 2.71. The lowest BCUT2D eigenvalue weighted by molar-refractivity contribution is 0.219. The number of hydrogen-bond donors (Lipinski definition) is 1. The maximum Gasteiger partial charge on any atom is 0.161 e. The SMILES string of the molecule is OC(c1cccc(F)c1)c1ccc2c(c1)OCCCO2. The summed E-state index contributed by atoms with van der Waals surface area (Å²) in [4.78, 5) is 0. The summed E-state index contributed by atoms with van der Waals surface area (Å²) in [5.41, 5.74) is 1.17. The molecule has 0 bridgehead atoms. The molecule has 1 unspecified atom stereocenters. The van der Waals surface area contributed by atoms with Crippen LogP contribution in [0.15, 0.2) is 42.5 Å². The van der Waals surface area contributed by atoms with Crippen LogP contribution >= 0.6 is 0 Å². The molecule has 3 nitrogen and oxygen atoms in total. The predicted molar refractivity (Wildman–Crippen MR) is 72.5 cm³/mol. The zero-order chi connectivity index (χ0) is 13.9. The summed E-state index contributed by atoms with van der Waals surface area (Å²) in [5.74, 6) is 0.934. The molecule has 0 aromatic heterocycles. The lowest BCUT2D eigenvalue weighted by Crippen LogP contribution is -2.01. The van der Waals surface area contributed by atoms with Crippen molar-refractivity contribution in [2.24, 2.45) is 0 Å². The van der Waals surface area contributed by atoms with Crippen LogP contribution in [0.25, 0.3) is 0 Å². The van der Waals surface area contributed by atoms with Gasteiger partial charge in [-0.25, -0.2) is 4.39 Å². The summed E-state index contributed by atoms with van der Waals surface area (Å²) < 4.78 is 24.3. The molecule has 1 heterocycles. The van der Waals surface area contributed by atoms with E-state index in [0.29, 0.717) is 35.8 Å². The van der Waals surface area contributed by atoms with E-state index in [2.05, 4.69) is 0 Å². The first kappa shape index (κ1) is 12.9. The Morgan fingerprint density at radius 1 is 0.950 bits per heavy atom. The van der Waals surface area contributed by atoms with E-state index in [-0.39, 0.29) is 5.82 Å². The summed E-state index contributed by atoms with van der Waals surface area (Å²) in [7, 11) is 0. The second-order valence-corrected chi connectivity index (χ2v) is 4.71. The highest BCUT2D eigenvalue weighted by Gasteiger charge is 2.16. The molecular formula is C16H15FO3. The molecule has 4 heteroatoms. The first-order valence-electron chi connectivity index (χ1n) is 6.57. The molecule has 20 heavy (non-hydrogen) atoms. The van der Waals surface area contributed by atoms with E-state index in [1.165, 1.54) is 12.1 Å². The van der Waals surface area contributed by atoms with Crippen molar-refractivity contribution in [3.05, 3.63) is 59.4 Å². The molecule has 1 aliphatic heterocycles. The van der Waals surface area contributed by atoms with Gasteiger partial charge in [-0.2, -0.15) is 0 Å². The zero-order valence-electron chi connectivity index (χ0n) is 10.9. The minimum Gasteiger partial charge on any atom is -0.490 e. The first-order valence-corrected chi connectivity index (χ1v) is 6.57. The number of fused-ring (bicyclic) bond motifs is 1. The largest absolute Gasteiger partial charge is 0.490 e. The summed E-state index contributed by atoms with van der Waals surface area (Å²) in [6, 6.07) is 11.2. The number of hydrogen-bond acceptors (Lipinski definition) is 3. The fraction of sp³-hybridized carbons (Fsp3) is 0.250. The van der Waals surface area contributed by atoms with E-state index in [1.807, 2.05) is 0 Å². The predicted octanol–water partition coefficient (Wildman–Crippen LogP) is 3.07. The Morgan fingerprint density at radius 3 is 2.50 bits per heavy atom. The molecule has 0 aliphatic carbocycles. The van der Waals surface area contributed by atoms with Gasteiger partial charge in [-0.3, -0.25) is 0 Å². The maximum atomic E-state index is 13.2. The quantitative estimate of drug-likeness (QED) is 0.914. The van der Waals surface area contributed by atoms with Gasteiger partial charge in [-0.05, 0) is 35.4 Å². The van der Waals surface area contributed by atoms with Crippen LogP contribution in [-0.4, -0.2) is 18.3 Å². The third-order valence-corrected chi connectivity index (χ3v) is 3.25. The van der Waals surface area contributed by atoms with Gasteiger partial charge in [0.1, 0.15) is 11.9 Å². The molecule has 1 atom stereocenters. The second-order valence-electron chi connectivity index (χ2n) is 4.71. The summed E-state index contributed by atoms with van der Waals surface area (Å²) >= 11 is 0. The molecule has 0 radical (unpaired) electrons. The molecule has 0 fully saturated rings. The summed E-state index contributed by atoms with van der Waals surface area (Å²) in [6.07, 6.45) is -0.0564. The number of halogens is 1. The lowest BCUT2D eigenvalue weighted by Gasteiger charge is -2.14. The van der Waals surface area contributed by atoms with Crippen LogP contribution in [0.2, 0.25) is 0 Å². The monoisotopic (exact) mass is 274 g/mol. The Kier molecular flexibility index (Phi) is 3.56. The van der Waals surface area contributed by atoms with Crippen LogP contribution in [0.1, 0.15) is 23.7 Å². The molecule has 104 valence electrons. The van der Waals surface area contributed by atoms with E-state index in [4.69, 9.17) is 9.47 Å². The average molecular weight is 274 g/mol. The molecular weight excluding hydrogens is 259 g/mol. The van der Waals surface area contributed by atoms with Crippen LogP contribution in [0.5, 0.6) is 11.5 Å². The Bertz CT molecular complexity index is 612. The van der Waals surface area contributed by atoms with Crippen LogP contribution in [0.3, 0.4) is 0 Å². The van der Waals surface area contributed by atoms with Crippen molar-refractivity contribution in [3.8, 4) is 11.5 Å². The number of benzene rings is 2. The van der Waals surface area contributed by atoms with Gasteiger partial charge in [-0.15, -0.1) is 0 Å². The molecule has 0 saturated heterocycles. The van der Waals surface area contributed by atoms with Crippen molar-refractivity contribution in [2.75, 3.05) is 13.2 Å². The third kappa shape index (κ3) is 2.60. The molecule has 2 aromatic rings. The van der Waals surface area contributed by atoms with Gasteiger partial charge in [0, 0.05) is 6.42 Å². The smallest absolute Gasteiger partial charge is 0.161 e. The Hall–Kier alpha value is -2.07. The molecule has 1 N–H and O–H groups in total. The fourth-order valence-corrected chi connectivity index (χ4v) is 2.22. The van der Waals surface area contributed by atoms with Gasteiger partial charge in [-0.1, -0.05) is 18.2 Å². The highest BCUT2D eigenvalue weighted by Crippen LogP contribution is 2.34. The molecule has 3 rings (SSSR count). The summed E-state index contributed by atoms with van der Waals surface area (Å²) in [6.45, 7) is 1.21. The summed E-state index contributed by atoms with van der Waals surface area (Å²) in [5, 5.41) is 10.3. The van der Waals surface area contributed by atoms with E-state index >= 15 is 0 Å². The lowest BCUT2D eigenvalue weighted by atomic mass is 10.0. The number of rotatable bonds is 2. The number of aliphatic hydroxyl groups is 1. The maximum absolute atomic E-state index is 13.2. The number of ether oxygens (including phenoxy) is 2. The van der Waals surface area contributed by atoms with E-state index in [0.717, 1.165) is 6.42 Å². The molecule has 0 spiro atoms. The highest BCUT2D eigenvalue weighted by atomic mass is 19.1. The van der Waals surface area contributed by atoms with Crippen molar-refractivity contribution in [1.29, 1.82) is 0 Å². The van der Waals surface area contributed by atoms with Crippen molar-refractivity contribution in [3.63, 3.8) is 0 Å². The van der Waals surface area contributed by atoms with Gasteiger partial charge in [0.05, 0.1) is 13.2 Å². The van der Waals surface area contributed by atoms with Crippen molar-refractivity contribution in [2.45, 2.75) is 12.5 Å². The Balaban J connectivity index is 1.92. The van der Waals surface area contributed by atoms with E-state index in [1.54, 1.807) is 30.3 Å². The van der Waals surface area contributed by atoms with Gasteiger partial charge >= 0.3 is 0 Å². The van der Waals surface area contributed by atoms with Gasteiger partial charge in [0.2, 0.25) is 0 Å². The van der Waals surface area contributed by atoms with Crippen molar-refractivity contribution >= 4 is 0 Å². The molecule has 0 amide bonds. The molecule has 1 aliphatic rings. The first-order chi connectivity index (χ1) is 9.74. The number of aliphatic hydroxyl groups excluding tert-OH is 1. The van der Waals surface area contributed by atoms with Crippen LogP contribution < -0.4 is 9.47 Å². The standard InChI is InChI=1S/C16H15FO3/c17-13-4-1-3-11(9-13)16(18)12-5-6-14-15(10-12)20-8-2-7-19-14/h1,3-6,9-10,16,18H,2,7-8H2. The highest BCUT2D eigenvalue weighted by molar-refractivity contribution is 5.45. The van der Waals surface area contributed by atoms with Gasteiger partial charge in [0.15, 0.2) is 11.5 Å². The minimum atomic E-state index is -0.886. The zero-order valence-corrected chi connectivity index (χ0v) is 10.9. The molecule has 0 saturated carbocycles. The second kappa shape index (κ2) is 5.51. The molecule has 2 aromatic carbocycles. The van der Waals surface area contributed by atoms with Crippen LogP contribution in [-0.2, 0) is 0 Å². The van der Waals surface area contributed by atoms with Crippen LogP contribution in [0, 0.1) is 5.82 Å². The van der Waals surface area contributed by atoms with Crippen molar-refractivity contribution in [1.82, 2.24) is 0 Å². The van der Waals surface area contributed by atoms with Crippen LogP contribution in [0.4, 0.5) is 4.39 Å². The normalized spacial score (nSPS) is 15.5. The van der Waals surface area contributed by atoms with Crippen molar-refractivity contribution < 1.29 is 19.0 Å².